The second kappa shape index (κ2) is 4.95. The largest absolute Gasteiger partial charge is 0.507 e. The summed E-state index contributed by atoms with van der Waals surface area (Å²) in [6.45, 7) is 0. The number of carboxylic acids is 1. The molecule has 0 unspecified atom stereocenters. The molecule has 1 aliphatic carbocycles. The van der Waals surface area contributed by atoms with Crippen molar-refractivity contribution in [3.8, 4) is 5.75 Å². The second-order valence-corrected chi connectivity index (χ2v) is 5.86. The molecule has 1 fully saturated rings. The van der Waals surface area contributed by atoms with E-state index in [1.54, 1.807) is 0 Å². The molecule has 0 radical (unpaired) electrons. The molecule has 20 heavy (non-hydrogen) atoms. The van der Waals surface area contributed by atoms with Crippen LogP contribution >= 0.6 is 15.9 Å². The van der Waals surface area contributed by atoms with E-state index >= 15 is 0 Å². The van der Waals surface area contributed by atoms with Crippen LogP contribution in [-0.4, -0.2) is 16.2 Å². The van der Waals surface area contributed by atoms with Gasteiger partial charge in [-0.15, -0.1) is 0 Å². The van der Waals surface area contributed by atoms with Gasteiger partial charge in [0.2, 0.25) is 0 Å². The first-order valence-electron chi connectivity index (χ1n) is 6.02. The molecule has 3 nitrogen and oxygen atoms in total. The number of rotatable bonds is 2. The number of hydrogen-bond acceptors (Lipinski definition) is 2. The lowest BCUT2D eigenvalue weighted by Gasteiger charge is -2.27. The highest BCUT2D eigenvalue weighted by Gasteiger charge is 2.47. The Balaban J connectivity index is 2.68. The van der Waals surface area contributed by atoms with E-state index in [-0.39, 0.29) is 22.9 Å². The first-order valence-corrected chi connectivity index (χ1v) is 6.81. The van der Waals surface area contributed by atoms with Gasteiger partial charge in [0.25, 0.3) is 0 Å². The molecule has 0 aliphatic heterocycles. The van der Waals surface area contributed by atoms with Gasteiger partial charge in [0, 0.05) is 10.0 Å². The van der Waals surface area contributed by atoms with Crippen LogP contribution in [0, 0.1) is 0 Å². The summed E-state index contributed by atoms with van der Waals surface area (Å²) in [5.41, 5.74) is -2.81. The quantitative estimate of drug-likeness (QED) is 0.843. The van der Waals surface area contributed by atoms with Crippen LogP contribution in [0.2, 0.25) is 0 Å². The van der Waals surface area contributed by atoms with E-state index in [1.165, 1.54) is 6.07 Å². The van der Waals surface area contributed by atoms with Crippen LogP contribution in [0.25, 0.3) is 0 Å². The van der Waals surface area contributed by atoms with Crippen LogP contribution < -0.4 is 0 Å². The Morgan fingerprint density at radius 1 is 1.25 bits per heavy atom. The molecule has 0 spiro atoms. The SMILES string of the molecule is O=C(O)C1(c2cc(Br)cc(C(F)(F)F)c2O)CCCC1. The highest BCUT2D eigenvalue weighted by atomic mass is 79.9. The molecule has 110 valence electrons. The number of phenolic OH excluding ortho intramolecular Hbond substituents is 1. The number of alkyl halides is 3. The molecule has 7 heteroatoms. The summed E-state index contributed by atoms with van der Waals surface area (Å²) in [6, 6.07) is 2.02. The predicted molar refractivity (Wildman–Crippen MR) is 68.6 cm³/mol. The van der Waals surface area contributed by atoms with E-state index in [1.807, 2.05) is 0 Å². The van der Waals surface area contributed by atoms with Crippen molar-refractivity contribution in [2.75, 3.05) is 0 Å². The third kappa shape index (κ3) is 2.39. The topological polar surface area (TPSA) is 57.5 Å². The standard InChI is InChI=1S/C13H12BrF3O3/c14-7-5-8(10(18)9(6-7)13(15,16)17)12(11(19)20)3-1-2-4-12/h5-6,18H,1-4H2,(H,19,20). The monoisotopic (exact) mass is 352 g/mol. The number of hydrogen-bond donors (Lipinski definition) is 2. The molecule has 1 aromatic carbocycles. The summed E-state index contributed by atoms with van der Waals surface area (Å²) < 4.78 is 38.8. The fraction of sp³-hybridized carbons (Fsp3) is 0.462. The summed E-state index contributed by atoms with van der Waals surface area (Å²) in [4.78, 5) is 11.5. The predicted octanol–water partition coefficient (Wildman–Crippen LogP) is 4.07. The zero-order valence-electron chi connectivity index (χ0n) is 10.3. The minimum Gasteiger partial charge on any atom is -0.507 e. The second-order valence-electron chi connectivity index (χ2n) is 4.94. The first kappa shape index (κ1) is 15.2. The summed E-state index contributed by atoms with van der Waals surface area (Å²) in [7, 11) is 0. The molecule has 1 aromatic rings. The number of carboxylic acid groups (broad SMARTS) is 1. The molecule has 1 saturated carbocycles. The summed E-state index contributed by atoms with van der Waals surface area (Å²) in [6.07, 6.45) is -3.06. The minimum atomic E-state index is -4.74. The third-order valence-corrected chi connectivity index (χ3v) is 4.22. The van der Waals surface area contributed by atoms with Crippen LogP contribution in [0.1, 0.15) is 36.8 Å². The van der Waals surface area contributed by atoms with E-state index in [0.29, 0.717) is 12.8 Å². The summed E-state index contributed by atoms with van der Waals surface area (Å²) in [5, 5.41) is 19.3. The van der Waals surface area contributed by atoms with Crippen molar-refractivity contribution in [3.05, 3.63) is 27.7 Å². The smallest absolute Gasteiger partial charge is 0.420 e. The zero-order valence-corrected chi connectivity index (χ0v) is 11.9. The van der Waals surface area contributed by atoms with Crippen LogP contribution in [0.5, 0.6) is 5.75 Å². The minimum absolute atomic E-state index is 0.102. The van der Waals surface area contributed by atoms with Gasteiger partial charge in [-0.2, -0.15) is 13.2 Å². The van der Waals surface area contributed by atoms with E-state index < -0.39 is 28.9 Å². The van der Waals surface area contributed by atoms with Crippen molar-refractivity contribution in [1.29, 1.82) is 0 Å². The Morgan fingerprint density at radius 3 is 2.25 bits per heavy atom. The average molecular weight is 353 g/mol. The number of aromatic hydroxyl groups is 1. The Labute approximate surface area is 121 Å². The highest BCUT2D eigenvalue weighted by Crippen LogP contribution is 2.49. The van der Waals surface area contributed by atoms with Gasteiger partial charge in [-0.25, -0.2) is 0 Å². The normalized spacial score (nSPS) is 18.2. The molecule has 0 atom stereocenters. The molecule has 0 saturated heterocycles. The third-order valence-electron chi connectivity index (χ3n) is 3.76. The molecule has 0 amide bonds. The Kier molecular flexibility index (Phi) is 3.75. The van der Waals surface area contributed by atoms with Crippen LogP contribution in [0.3, 0.4) is 0 Å². The van der Waals surface area contributed by atoms with Gasteiger partial charge in [-0.05, 0) is 25.0 Å². The molecule has 0 bridgehead atoms. The van der Waals surface area contributed by atoms with Gasteiger partial charge in [0.05, 0.1) is 11.0 Å². The molecule has 2 rings (SSSR count). The molecular weight excluding hydrogens is 341 g/mol. The zero-order chi connectivity index (χ0) is 15.1. The Hall–Kier alpha value is -1.24. The highest BCUT2D eigenvalue weighted by molar-refractivity contribution is 9.10. The van der Waals surface area contributed by atoms with Gasteiger partial charge < -0.3 is 10.2 Å². The maximum atomic E-state index is 12.9. The fourth-order valence-electron chi connectivity index (χ4n) is 2.76. The van der Waals surface area contributed by atoms with Crippen LogP contribution in [0.4, 0.5) is 13.2 Å². The van der Waals surface area contributed by atoms with E-state index in [9.17, 15) is 28.2 Å². The van der Waals surface area contributed by atoms with Crippen molar-refractivity contribution < 1.29 is 28.2 Å². The van der Waals surface area contributed by atoms with Gasteiger partial charge in [0.1, 0.15) is 5.75 Å². The van der Waals surface area contributed by atoms with Crippen molar-refractivity contribution >= 4 is 21.9 Å². The van der Waals surface area contributed by atoms with Crippen molar-refractivity contribution in [3.63, 3.8) is 0 Å². The Bertz CT molecular complexity index is 549. The van der Waals surface area contributed by atoms with Crippen LogP contribution in [-0.2, 0) is 16.4 Å². The number of aliphatic carboxylic acids is 1. The average Bonchev–Trinajstić information content (AvgIpc) is 2.80. The van der Waals surface area contributed by atoms with E-state index in [4.69, 9.17) is 0 Å². The van der Waals surface area contributed by atoms with Gasteiger partial charge in [-0.1, -0.05) is 28.8 Å². The van der Waals surface area contributed by atoms with Gasteiger partial charge in [-0.3, -0.25) is 4.79 Å². The number of phenols is 1. The van der Waals surface area contributed by atoms with Gasteiger partial charge >= 0.3 is 12.1 Å². The van der Waals surface area contributed by atoms with Crippen molar-refractivity contribution in [2.45, 2.75) is 37.3 Å². The lowest BCUT2D eigenvalue weighted by Crippen LogP contribution is -2.33. The first-order chi connectivity index (χ1) is 9.18. The summed E-state index contributed by atoms with van der Waals surface area (Å²) in [5.74, 6) is -2.18. The maximum absolute atomic E-state index is 12.9. The molecular formula is C13H12BrF3O3. The van der Waals surface area contributed by atoms with E-state index in [2.05, 4.69) is 15.9 Å². The molecule has 1 aliphatic rings. The molecule has 0 aromatic heterocycles. The van der Waals surface area contributed by atoms with Crippen LogP contribution in [0.15, 0.2) is 16.6 Å². The Morgan fingerprint density at radius 2 is 1.80 bits per heavy atom. The maximum Gasteiger partial charge on any atom is 0.420 e. The molecule has 0 heterocycles. The number of benzene rings is 1. The van der Waals surface area contributed by atoms with E-state index in [0.717, 1.165) is 6.07 Å². The number of halogens is 4. The molecule has 2 N–H and O–H groups in total. The number of carbonyl (C=O) groups is 1. The van der Waals surface area contributed by atoms with Gasteiger partial charge in [0.15, 0.2) is 0 Å². The lowest BCUT2D eigenvalue weighted by molar-refractivity contribution is -0.144. The lowest BCUT2D eigenvalue weighted by atomic mass is 9.77. The van der Waals surface area contributed by atoms with Crippen molar-refractivity contribution in [2.24, 2.45) is 0 Å². The summed E-state index contributed by atoms with van der Waals surface area (Å²) >= 11 is 2.96. The fourth-order valence-corrected chi connectivity index (χ4v) is 3.21. The van der Waals surface area contributed by atoms with Crippen molar-refractivity contribution in [1.82, 2.24) is 0 Å².